The molecule has 1 atom stereocenters. The number of aryl methyl sites for hydroxylation is 2. The van der Waals surface area contributed by atoms with Crippen molar-refractivity contribution in [1.82, 2.24) is 15.1 Å². The molecule has 1 fully saturated rings. The van der Waals surface area contributed by atoms with Crippen molar-refractivity contribution in [3.05, 3.63) is 34.9 Å². The van der Waals surface area contributed by atoms with Gasteiger partial charge in [-0.3, -0.25) is 4.90 Å². The summed E-state index contributed by atoms with van der Waals surface area (Å²) in [4.78, 5) is 4.97. The molecular formula is C16H27N3. The number of rotatable bonds is 4. The second-order valence-electron chi connectivity index (χ2n) is 5.79. The van der Waals surface area contributed by atoms with Crippen molar-refractivity contribution in [3.63, 3.8) is 0 Å². The van der Waals surface area contributed by atoms with Gasteiger partial charge in [0.15, 0.2) is 0 Å². The molecule has 0 bridgehead atoms. The average Bonchev–Trinajstić information content (AvgIpc) is 2.41. The molecule has 0 amide bonds. The second-order valence-corrected chi connectivity index (χ2v) is 5.79. The maximum Gasteiger partial charge on any atom is 0.0446 e. The summed E-state index contributed by atoms with van der Waals surface area (Å²) in [5.74, 6) is 0. The van der Waals surface area contributed by atoms with Crippen LogP contribution in [-0.2, 0) is 0 Å². The third-order valence-corrected chi connectivity index (χ3v) is 4.32. The van der Waals surface area contributed by atoms with Crippen LogP contribution < -0.4 is 5.32 Å². The molecule has 1 aliphatic heterocycles. The summed E-state index contributed by atoms with van der Waals surface area (Å²) in [6.45, 7) is 10.2. The third kappa shape index (κ3) is 3.78. The van der Waals surface area contributed by atoms with E-state index in [4.69, 9.17) is 0 Å². The van der Waals surface area contributed by atoms with E-state index in [9.17, 15) is 0 Å². The standard InChI is InChI=1S/C16H27N3/c1-13-5-6-15(11-14(13)2)16(17-3)12-19-9-7-18(4)8-10-19/h5-6,11,16-17H,7-10,12H2,1-4H3. The Labute approximate surface area is 117 Å². The van der Waals surface area contributed by atoms with Gasteiger partial charge in [-0.25, -0.2) is 0 Å². The molecule has 1 aromatic carbocycles. The first-order valence-corrected chi connectivity index (χ1v) is 7.25. The van der Waals surface area contributed by atoms with Crippen LogP contribution in [0.2, 0.25) is 0 Å². The molecule has 1 unspecified atom stereocenters. The van der Waals surface area contributed by atoms with Crippen LogP contribution in [0.4, 0.5) is 0 Å². The number of hydrogen-bond donors (Lipinski definition) is 1. The first-order valence-electron chi connectivity index (χ1n) is 7.25. The fourth-order valence-electron chi connectivity index (χ4n) is 2.63. The maximum absolute atomic E-state index is 3.47. The first kappa shape index (κ1) is 14.5. The highest BCUT2D eigenvalue weighted by atomic mass is 15.3. The molecule has 3 heteroatoms. The lowest BCUT2D eigenvalue weighted by atomic mass is 10.0. The van der Waals surface area contributed by atoms with Gasteiger partial charge in [0.25, 0.3) is 0 Å². The molecule has 2 rings (SSSR count). The van der Waals surface area contributed by atoms with Gasteiger partial charge in [0.05, 0.1) is 0 Å². The molecule has 106 valence electrons. The highest BCUT2D eigenvalue weighted by molar-refractivity contribution is 5.31. The first-order chi connectivity index (χ1) is 9.10. The van der Waals surface area contributed by atoms with E-state index < -0.39 is 0 Å². The molecule has 0 aromatic heterocycles. The Morgan fingerprint density at radius 1 is 1.11 bits per heavy atom. The molecule has 0 spiro atoms. The van der Waals surface area contributed by atoms with Crippen LogP contribution in [-0.4, -0.2) is 56.6 Å². The van der Waals surface area contributed by atoms with Crippen LogP contribution in [0.3, 0.4) is 0 Å². The summed E-state index contributed by atoms with van der Waals surface area (Å²) in [6.07, 6.45) is 0. The monoisotopic (exact) mass is 261 g/mol. The number of hydrogen-bond acceptors (Lipinski definition) is 3. The third-order valence-electron chi connectivity index (χ3n) is 4.32. The number of likely N-dealkylation sites (N-methyl/N-ethyl adjacent to an activating group) is 2. The molecule has 0 radical (unpaired) electrons. The second kappa shape index (κ2) is 6.51. The van der Waals surface area contributed by atoms with Crippen molar-refractivity contribution in [3.8, 4) is 0 Å². The largest absolute Gasteiger partial charge is 0.312 e. The SMILES string of the molecule is CNC(CN1CCN(C)CC1)c1ccc(C)c(C)c1. The van der Waals surface area contributed by atoms with E-state index in [0.717, 1.165) is 6.54 Å². The van der Waals surface area contributed by atoms with E-state index in [1.165, 1.54) is 42.9 Å². The van der Waals surface area contributed by atoms with Crippen LogP contribution in [0.15, 0.2) is 18.2 Å². The molecule has 1 heterocycles. The normalized spacial score (nSPS) is 19.6. The average molecular weight is 261 g/mol. The van der Waals surface area contributed by atoms with Crippen molar-refractivity contribution < 1.29 is 0 Å². The molecule has 1 aliphatic rings. The van der Waals surface area contributed by atoms with E-state index in [0.29, 0.717) is 6.04 Å². The van der Waals surface area contributed by atoms with Gasteiger partial charge in [0.2, 0.25) is 0 Å². The Hall–Kier alpha value is -0.900. The van der Waals surface area contributed by atoms with Crippen molar-refractivity contribution in [2.75, 3.05) is 46.8 Å². The summed E-state index contributed by atoms with van der Waals surface area (Å²) < 4.78 is 0. The van der Waals surface area contributed by atoms with Crippen LogP contribution in [0, 0.1) is 13.8 Å². The summed E-state index contributed by atoms with van der Waals surface area (Å²) in [5, 5.41) is 3.47. The van der Waals surface area contributed by atoms with E-state index in [1.54, 1.807) is 0 Å². The predicted octanol–water partition coefficient (Wildman–Crippen LogP) is 1.81. The molecule has 0 saturated carbocycles. The fraction of sp³-hybridized carbons (Fsp3) is 0.625. The summed E-state index contributed by atoms with van der Waals surface area (Å²) in [7, 11) is 4.27. The summed E-state index contributed by atoms with van der Waals surface area (Å²) >= 11 is 0. The predicted molar refractivity (Wildman–Crippen MR) is 81.7 cm³/mol. The lowest BCUT2D eigenvalue weighted by Gasteiger charge is -2.34. The van der Waals surface area contributed by atoms with Crippen molar-refractivity contribution >= 4 is 0 Å². The van der Waals surface area contributed by atoms with Crippen LogP contribution in [0.25, 0.3) is 0 Å². The summed E-state index contributed by atoms with van der Waals surface area (Å²) in [5.41, 5.74) is 4.17. The highest BCUT2D eigenvalue weighted by Gasteiger charge is 2.18. The van der Waals surface area contributed by atoms with Crippen LogP contribution >= 0.6 is 0 Å². The van der Waals surface area contributed by atoms with Gasteiger partial charge in [-0.1, -0.05) is 18.2 Å². The van der Waals surface area contributed by atoms with Gasteiger partial charge in [-0.2, -0.15) is 0 Å². The number of piperazine rings is 1. The molecule has 3 nitrogen and oxygen atoms in total. The molecule has 1 aromatic rings. The van der Waals surface area contributed by atoms with Gasteiger partial charge >= 0.3 is 0 Å². The minimum absolute atomic E-state index is 0.433. The molecular weight excluding hydrogens is 234 g/mol. The lowest BCUT2D eigenvalue weighted by molar-refractivity contribution is 0.143. The fourth-order valence-corrected chi connectivity index (χ4v) is 2.63. The Bertz CT molecular complexity index is 408. The highest BCUT2D eigenvalue weighted by Crippen LogP contribution is 2.18. The number of benzene rings is 1. The zero-order valence-electron chi connectivity index (χ0n) is 12.7. The van der Waals surface area contributed by atoms with E-state index in [1.807, 2.05) is 0 Å². The quantitative estimate of drug-likeness (QED) is 0.892. The van der Waals surface area contributed by atoms with E-state index >= 15 is 0 Å². The Balaban J connectivity index is 2.01. The van der Waals surface area contributed by atoms with Gasteiger partial charge in [0, 0.05) is 38.8 Å². The minimum atomic E-state index is 0.433. The zero-order valence-corrected chi connectivity index (χ0v) is 12.7. The minimum Gasteiger partial charge on any atom is -0.312 e. The zero-order chi connectivity index (χ0) is 13.8. The van der Waals surface area contributed by atoms with Crippen molar-refractivity contribution in [2.45, 2.75) is 19.9 Å². The van der Waals surface area contributed by atoms with Crippen molar-refractivity contribution in [2.24, 2.45) is 0 Å². The Morgan fingerprint density at radius 3 is 2.37 bits per heavy atom. The van der Waals surface area contributed by atoms with Gasteiger partial charge < -0.3 is 10.2 Å². The molecule has 19 heavy (non-hydrogen) atoms. The Morgan fingerprint density at radius 2 is 1.79 bits per heavy atom. The lowest BCUT2D eigenvalue weighted by Crippen LogP contribution is -2.47. The molecule has 1 N–H and O–H groups in total. The van der Waals surface area contributed by atoms with Gasteiger partial charge in [0.1, 0.15) is 0 Å². The smallest absolute Gasteiger partial charge is 0.0446 e. The molecule has 1 saturated heterocycles. The van der Waals surface area contributed by atoms with Crippen LogP contribution in [0.5, 0.6) is 0 Å². The van der Waals surface area contributed by atoms with Gasteiger partial charge in [-0.05, 0) is 44.6 Å². The van der Waals surface area contributed by atoms with Crippen LogP contribution in [0.1, 0.15) is 22.7 Å². The van der Waals surface area contributed by atoms with E-state index in [-0.39, 0.29) is 0 Å². The topological polar surface area (TPSA) is 18.5 Å². The summed E-state index contributed by atoms with van der Waals surface area (Å²) in [6, 6.07) is 7.26. The Kier molecular flexibility index (Phi) is 4.97. The van der Waals surface area contributed by atoms with E-state index in [2.05, 4.69) is 61.3 Å². The van der Waals surface area contributed by atoms with Gasteiger partial charge in [-0.15, -0.1) is 0 Å². The van der Waals surface area contributed by atoms with Crippen molar-refractivity contribution in [1.29, 1.82) is 0 Å². The number of nitrogens with one attached hydrogen (secondary N) is 1. The maximum atomic E-state index is 3.47. The number of nitrogens with zero attached hydrogens (tertiary/aromatic N) is 2. The molecule has 0 aliphatic carbocycles.